The van der Waals surface area contributed by atoms with E-state index in [0.717, 1.165) is 6.20 Å². The van der Waals surface area contributed by atoms with Gasteiger partial charge < -0.3 is 40.3 Å². The second kappa shape index (κ2) is 9.55. The molecule has 1 aromatic heterocycles. The van der Waals surface area contributed by atoms with Crippen molar-refractivity contribution in [2.45, 2.75) is 24.0 Å². The molecule has 0 aromatic carbocycles. The van der Waals surface area contributed by atoms with E-state index in [1.165, 1.54) is 0 Å². The molecule has 22 heteroatoms. The van der Waals surface area contributed by atoms with Gasteiger partial charge in [0, 0.05) is 5.38 Å². The highest BCUT2D eigenvalue weighted by atomic mass is 35.5. The minimum absolute atomic E-state index is 0.291. The molecule has 1 aliphatic heterocycles. The molecule has 0 bridgehead atoms. The molecule has 1 saturated heterocycles. The largest absolute Gasteiger partial charge is 0.490 e. The maximum atomic E-state index is 12.0. The number of halogens is 1. The number of hydrogen-bond acceptors (Lipinski definition) is 13. The first-order valence-electron chi connectivity index (χ1n) is 7.68. The summed E-state index contributed by atoms with van der Waals surface area (Å²) in [5, 5.41) is 26.4. The Labute approximate surface area is 181 Å². The fourth-order valence-corrected chi connectivity index (χ4v) is 5.53. The highest BCUT2D eigenvalue weighted by Crippen LogP contribution is 2.66. The smallest absolute Gasteiger partial charge is 0.386 e. The van der Waals surface area contributed by atoms with Crippen LogP contribution in [0.25, 0.3) is 0 Å². The maximum absolute atomic E-state index is 12.0. The quantitative estimate of drug-likeness (QED) is 0.135. The number of phosphoric ester groups is 1. The predicted molar refractivity (Wildman–Crippen MR) is 99.0 cm³/mol. The van der Waals surface area contributed by atoms with E-state index < -0.39 is 59.8 Å². The van der Waals surface area contributed by atoms with Gasteiger partial charge in [-0.1, -0.05) is 0 Å². The van der Waals surface area contributed by atoms with Crippen LogP contribution in [0.4, 0.5) is 5.82 Å². The van der Waals surface area contributed by atoms with Gasteiger partial charge in [-0.3, -0.25) is 4.52 Å². The molecule has 0 spiro atoms. The fourth-order valence-electron chi connectivity index (χ4n) is 2.35. The summed E-state index contributed by atoms with van der Waals surface area (Å²) in [6.07, 6.45) is -4.85. The monoisotopic (exact) mass is 542 g/mol. The Bertz CT molecular complexity index is 1130. The molecule has 0 amide bonds. The van der Waals surface area contributed by atoms with Crippen molar-refractivity contribution >= 4 is 40.9 Å². The predicted octanol–water partition coefficient (Wildman–Crippen LogP) is -2.25. The van der Waals surface area contributed by atoms with Gasteiger partial charge in [-0.25, -0.2) is 18.5 Å². The van der Waals surface area contributed by atoms with Crippen LogP contribution in [-0.4, -0.2) is 69.0 Å². The summed E-state index contributed by atoms with van der Waals surface area (Å²) in [7, 11) is -17.0. The number of nitrogens with two attached hydrogens (primary N) is 1. The van der Waals surface area contributed by atoms with Crippen LogP contribution >= 0.6 is 35.1 Å². The summed E-state index contributed by atoms with van der Waals surface area (Å²) in [5.41, 5.74) is 1.52. The van der Waals surface area contributed by atoms with Gasteiger partial charge in [0.05, 0.1) is 12.8 Å². The lowest BCUT2D eigenvalue weighted by Gasteiger charge is -2.25. The zero-order valence-corrected chi connectivity index (χ0v) is 18.5. The van der Waals surface area contributed by atoms with Crippen molar-refractivity contribution in [1.82, 2.24) is 14.8 Å². The number of nitrogens with zero attached hydrogens (tertiary/aromatic N) is 3. The SMILES string of the molecule is Nc1cnn([C@@H]2O[C@H](COP(=O)(O)OP(=O)(O)OP(=O)(O)O)[C@H](O)C2(O)C#CCl)c(=O)n1. The Kier molecular flexibility index (Phi) is 8.06. The molecular formula is C10H14ClN4O14P3. The van der Waals surface area contributed by atoms with Crippen molar-refractivity contribution < 1.29 is 61.4 Å². The van der Waals surface area contributed by atoms with Crippen LogP contribution in [-0.2, 0) is 31.6 Å². The van der Waals surface area contributed by atoms with Gasteiger partial charge in [-0.05, 0) is 17.5 Å². The van der Waals surface area contributed by atoms with Crippen LogP contribution in [0, 0.1) is 11.3 Å². The highest BCUT2D eigenvalue weighted by Gasteiger charge is 2.57. The third kappa shape index (κ3) is 6.64. The van der Waals surface area contributed by atoms with E-state index in [2.05, 4.69) is 23.2 Å². The number of nitrogen functional groups attached to an aromatic ring is 1. The van der Waals surface area contributed by atoms with E-state index in [1.54, 1.807) is 5.38 Å². The van der Waals surface area contributed by atoms with E-state index >= 15 is 0 Å². The fraction of sp³-hybridized carbons (Fsp3) is 0.500. The Hall–Kier alpha value is -1.25. The Morgan fingerprint density at radius 3 is 2.41 bits per heavy atom. The van der Waals surface area contributed by atoms with Crippen LogP contribution in [0.3, 0.4) is 0 Å². The number of hydrogen-bond donors (Lipinski definition) is 7. The molecule has 3 unspecified atom stereocenters. The van der Waals surface area contributed by atoms with Crippen molar-refractivity contribution in [3.63, 3.8) is 0 Å². The topological polar surface area (TPSA) is 283 Å². The number of aliphatic hydroxyl groups is 2. The van der Waals surface area contributed by atoms with E-state index in [9.17, 15) is 33.6 Å². The summed E-state index contributed by atoms with van der Waals surface area (Å²) in [4.78, 5) is 50.9. The molecule has 0 saturated carbocycles. The van der Waals surface area contributed by atoms with E-state index in [0.29, 0.717) is 4.68 Å². The standard InChI is InChI=1S/C10H14ClN4O14P3/c11-2-1-10(18)7(16)5(27-8(10)15-9(17)14-6(12)3-13-15)4-26-31(22,23)29-32(24,25)28-30(19,20)21/h3,5,7-8,16,18H,4H2,(H,22,23)(H,24,25)(H2,12,14,17)(H2,19,20,21)/t5-,7+,8-,10?/m1/s1. The maximum Gasteiger partial charge on any atom is 0.490 e. The van der Waals surface area contributed by atoms with Gasteiger partial charge in [-0.15, -0.1) is 0 Å². The lowest BCUT2D eigenvalue weighted by Crippen LogP contribution is -2.48. The molecule has 6 atom stereocenters. The van der Waals surface area contributed by atoms with Crippen molar-refractivity contribution in [1.29, 1.82) is 0 Å². The van der Waals surface area contributed by atoms with Crippen molar-refractivity contribution in [2.75, 3.05) is 12.3 Å². The summed E-state index contributed by atoms with van der Waals surface area (Å²) in [6, 6.07) is 0. The number of rotatable bonds is 8. The molecule has 18 nitrogen and oxygen atoms in total. The third-order valence-corrected chi connectivity index (χ3v) is 7.40. The molecule has 2 rings (SSSR count). The van der Waals surface area contributed by atoms with Gasteiger partial charge in [0.25, 0.3) is 0 Å². The molecule has 1 aromatic rings. The average molecular weight is 543 g/mol. The second-order valence-electron chi connectivity index (χ2n) is 5.81. The number of aromatic nitrogens is 3. The molecule has 1 aliphatic rings. The third-order valence-electron chi connectivity index (χ3n) is 3.51. The first-order valence-corrected chi connectivity index (χ1v) is 12.6. The minimum Gasteiger partial charge on any atom is -0.386 e. The van der Waals surface area contributed by atoms with Crippen LogP contribution in [0.5, 0.6) is 0 Å². The molecule has 1 fully saturated rings. The molecule has 0 radical (unpaired) electrons. The van der Waals surface area contributed by atoms with E-state index in [4.69, 9.17) is 36.8 Å². The summed E-state index contributed by atoms with van der Waals surface area (Å²) >= 11 is 5.27. The highest BCUT2D eigenvalue weighted by molar-refractivity contribution is 7.66. The molecule has 180 valence electrons. The summed E-state index contributed by atoms with van der Waals surface area (Å²) < 4.78 is 50.8. The minimum atomic E-state index is -5.79. The summed E-state index contributed by atoms with van der Waals surface area (Å²) in [5.74, 6) is 1.69. The molecule has 32 heavy (non-hydrogen) atoms. The molecular weight excluding hydrogens is 528 g/mol. The number of ether oxygens (including phenoxy) is 1. The molecule has 0 aliphatic carbocycles. The Morgan fingerprint density at radius 2 is 1.88 bits per heavy atom. The second-order valence-corrected chi connectivity index (χ2v) is 10.4. The number of phosphoric acid groups is 3. The lowest BCUT2D eigenvalue weighted by atomic mass is 9.95. The van der Waals surface area contributed by atoms with Gasteiger partial charge in [0.1, 0.15) is 18.0 Å². The molecule has 2 heterocycles. The first-order chi connectivity index (χ1) is 14.5. The van der Waals surface area contributed by atoms with E-state index in [1.807, 2.05) is 5.92 Å². The van der Waals surface area contributed by atoms with Crippen molar-refractivity contribution in [2.24, 2.45) is 0 Å². The first kappa shape index (κ1) is 27.0. The van der Waals surface area contributed by atoms with Gasteiger partial charge in [0.2, 0.25) is 5.60 Å². The van der Waals surface area contributed by atoms with Gasteiger partial charge in [0.15, 0.2) is 6.23 Å². The van der Waals surface area contributed by atoms with Crippen LogP contribution in [0.15, 0.2) is 11.0 Å². The number of anilines is 1. The Morgan fingerprint density at radius 1 is 1.25 bits per heavy atom. The van der Waals surface area contributed by atoms with Crippen LogP contribution in [0.1, 0.15) is 6.23 Å². The zero-order valence-electron chi connectivity index (χ0n) is 15.1. The molecule has 8 N–H and O–H groups in total. The lowest BCUT2D eigenvalue weighted by molar-refractivity contribution is -0.0832. The van der Waals surface area contributed by atoms with Crippen LogP contribution < -0.4 is 11.4 Å². The normalized spacial score (nSPS) is 29.5. The van der Waals surface area contributed by atoms with Gasteiger partial charge in [-0.2, -0.15) is 23.4 Å². The average Bonchev–Trinajstić information content (AvgIpc) is 2.82. The Balaban J connectivity index is 2.23. The van der Waals surface area contributed by atoms with Gasteiger partial charge >= 0.3 is 29.2 Å². The van der Waals surface area contributed by atoms with E-state index in [-0.39, 0.29) is 5.82 Å². The number of aliphatic hydroxyl groups excluding tert-OH is 1. The van der Waals surface area contributed by atoms with Crippen molar-refractivity contribution in [3.8, 4) is 11.3 Å². The summed E-state index contributed by atoms with van der Waals surface area (Å²) in [6.45, 7) is -1.16. The zero-order chi connectivity index (χ0) is 24.5. The van der Waals surface area contributed by atoms with Crippen LogP contribution in [0.2, 0.25) is 0 Å². The van der Waals surface area contributed by atoms with Crippen molar-refractivity contribution in [3.05, 3.63) is 16.7 Å².